The highest BCUT2D eigenvalue weighted by Gasteiger charge is 2.42. The number of nitrogens with zero attached hydrogens (tertiary/aromatic N) is 3. The molecule has 1 atom stereocenters. The molecule has 1 aromatic heterocycles. The summed E-state index contributed by atoms with van der Waals surface area (Å²) in [6, 6.07) is 2.26. The Bertz CT molecular complexity index is 627. The fourth-order valence-electron chi connectivity index (χ4n) is 2.65. The van der Waals surface area contributed by atoms with Crippen molar-refractivity contribution >= 4 is 17.7 Å². The molecule has 1 aromatic rings. The quantitative estimate of drug-likeness (QED) is 0.778. The number of rotatable bonds is 7. The Morgan fingerprint density at radius 3 is 2.70 bits per heavy atom. The average molecular weight is 334 g/mol. The molecule has 1 heterocycles. The van der Waals surface area contributed by atoms with Gasteiger partial charge < -0.3 is 9.88 Å². The minimum atomic E-state index is -0.725. The number of nitriles is 1. The second-order valence-corrected chi connectivity index (χ2v) is 7.94. The van der Waals surface area contributed by atoms with Crippen molar-refractivity contribution in [1.82, 2.24) is 14.9 Å². The Morgan fingerprint density at radius 1 is 1.52 bits per heavy atom. The molecule has 126 valence electrons. The molecule has 1 fully saturated rings. The second kappa shape index (κ2) is 6.96. The third-order valence-corrected chi connectivity index (χ3v) is 5.30. The summed E-state index contributed by atoms with van der Waals surface area (Å²) in [6.45, 7) is 11.1. The smallest absolute Gasteiger partial charge is 0.231 e. The number of nitrogens with one attached hydrogen (secondary N) is 1. The largest absolute Gasteiger partial charge is 0.337 e. The van der Waals surface area contributed by atoms with E-state index in [1.54, 1.807) is 0 Å². The van der Waals surface area contributed by atoms with Crippen molar-refractivity contribution in [2.45, 2.75) is 64.7 Å². The molecule has 0 saturated heterocycles. The Hall–Kier alpha value is -1.48. The van der Waals surface area contributed by atoms with E-state index in [0.717, 1.165) is 35.9 Å². The van der Waals surface area contributed by atoms with E-state index in [9.17, 15) is 10.1 Å². The zero-order valence-corrected chi connectivity index (χ0v) is 15.5. The van der Waals surface area contributed by atoms with Gasteiger partial charge >= 0.3 is 0 Å². The minimum Gasteiger partial charge on any atom is -0.337 e. The molecule has 1 saturated carbocycles. The molecule has 5 nitrogen and oxygen atoms in total. The first-order valence-electron chi connectivity index (χ1n) is 8.15. The lowest BCUT2D eigenvalue weighted by Crippen LogP contribution is -2.47. The van der Waals surface area contributed by atoms with Gasteiger partial charge in [-0.15, -0.1) is 0 Å². The molecule has 1 aliphatic carbocycles. The first kappa shape index (κ1) is 17.9. The second-order valence-electron chi connectivity index (χ2n) is 6.99. The van der Waals surface area contributed by atoms with E-state index >= 15 is 0 Å². The van der Waals surface area contributed by atoms with Crippen LogP contribution in [0, 0.1) is 37.0 Å². The van der Waals surface area contributed by atoms with Crippen LogP contribution >= 0.6 is 11.8 Å². The molecule has 0 radical (unpaired) electrons. The van der Waals surface area contributed by atoms with Crippen LogP contribution in [0.4, 0.5) is 0 Å². The fourth-order valence-corrected chi connectivity index (χ4v) is 3.55. The van der Waals surface area contributed by atoms with Crippen LogP contribution in [0.1, 0.15) is 45.0 Å². The lowest BCUT2D eigenvalue weighted by molar-refractivity contribution is -0.119. The molecule has 0 aromatic carbocycles. The standard InChI is InChI=1S/C17H26N4OS/c1-11(2)8-21-13(4)12(3)19-16(21)23-9-15(22)20-17(5,10-18)14-6-7-14/h11,14H,6-9H2,1-5H3,(H,20,22). The highest BCUT2D eigenvalue weighted by molar-refractivity contribution is 7.99. The van der Waals surface area contributed by atoms with Gasteiger partial charge in [0.1, 0.15) is 5.54 Å². The van der Waals surface area contributed by atoms with Crippen molar-refractivity contribution in [3.8, 4) is 6.07 Å². The summed E-state index contributed by atoms with van der Waals surface area (Å²) < 4.78 is 2.18. The van der Waals surface area contributed by atoms with Crippen LogP contribution in [0.25, 0.3) is 0 Å². The molecule has 0 bridgehead atoms. The molecule has 0 spiro atoms. The van der Waals surface area contributed by atoms with Crippen molar-refractivity contribution in [2.24, 2.45) is 11.8 Å². The summed E-state index contributed by atoms with van der Waals surface area (Å²) in [7, 11) is 0. The Morgan fingerprint density at radius 2 is 2.17 bits per heavy atom. The molecule has 0 aliphatic heterocycles. The maximum atomic E-state index is 12.2. The van der Waals surface area contributed by atoms with Gasteiger partial charge in [0, 0.05) is 12.2 Å². The van der Waals surface area contributed by atoms with Crippen molar-refractivity contribution < 1.29 is 4.79 Å². The van der Waals surface area contributed by atoms with Gasteiger partial charge in [-0.25, -0.2) is 4.98 Å². The van der Waals surface area contributed by atoms with Gasteiger partial charge in [0.25, 0.3) is 0 Å². The van der Waals surface area contributed by atoms with Crippen molar-refractivity contribution in [2.75, 3.05) is 5.75 Å². The maximum absolute atomic E-state index is 12.2. The number of amides is 1. The first-order chi connectivity index (χ1) is 10.8. The lowest BCUT2D eigenvalue weighted by atomic mass is 9.98. The van der Waals surface area contributed by atoms with E-state index in [-0.39, 0.29) is 11.7 Å². The lowest BCUT2D eigenvalue weighted by Gasteiger charge is -2.22. The summed E-state index contributed by atoms with van der Waals surface area (Å²) in [5.41, 5.74) is 1.44. The molecule has 6 heteroatoms. The highest BCUT2D eigenvalue weighted by atomic mass is 32.2. The van der Waals surface area contributed by atoms with Crippen LogP contribution in [-0.4, -0.2) is 26.8 Å². The van der Waals surface area contributed by atoms with Gasteiger partial charge in [0.2, 0.25) is 5.91 Å². The van der Waals surface area contributed by atoms with Gasteiger partial charge in [0.05, 0.1) is 17.5 Å². The van der Waals surface area contributed by atoms with Gasteiger partial charge in [-0.1, -0.05) is 25.6 Å². The zero-order valence-electron chi connectivity index (χ0n) is 14.6. The third kappa shape index (κ3) is 4.29. The summed E-state index contributed by atoms with van der Waals surface area (Å²) in [6.07, 6.45) is 2.04. The SMILES string of the molecule is Cc1nc(SCC(=O)NC(C)(C#N)C2CC2)n(CC(C)C)c1C. The first-order valence-corrected chi connectivity index (χ1v) is 9.14. The summed E-state index contributed by atoms with van der Waals surface area (Å²) >= 11 is 1.45. The van der Waals surface area contributed by atoms with Crippen LogP contribution < -0.4 is 5.32 Å². The van der Waals surface area contributed by atoms with Crippen molar-refractivity contribution in [1.29, 1.82) is 5.26 Å². The highest BCUT2D eigenvalue weighted by Crippen LogP contribution is 2.39. The molecule has 1 unspecified atom stereocenters. The number of imidazole rings is 1. The normalized spacial score (nSPS) is 16.9. The maximum Gasteiger partial charge on any atom is 0.231 e. The molecule has 1 aliphatic rings. The number of aryl methyl sites for hydroxylation is 1. The summed E-state index contributed by atoms with van der Waals surface area (Å²) in [5.74, 6) is 1.01. The Labute approximate surface area is 142 Å². The number of carbonyl (C=O) groups excluding carboxylic acids is 1. The topological polar surface area (TPSA) is 70.7 Å². The predicted molar refractivity (Wildman–Crippen MR) is 92.1 cm³/mol. The molecule has 2 rings (SSSR count). The molecular formula is C17H26N4OS. The van der Waals surface area contributed by atoms with Gasteiger partial charge in [-0.05, 0) is 45.4 Å². The van der Waals surface area contributed by atoms with Crippen LogP contribution in [-0.2, 0) is 11.3 Å². The molecule has 1 amide bonds. The third-order valence-electron chi connectivity index (χ3n) is 4.33. The van der Waals surface area contributed by atoms with Crippen molar-refractivity contribution in [3.63, 3.8) is 0 Å². The van der Waals surface area contributed by atoms with E-state index in [4.69, 9.17) is 0 Å². The zero-order chi connectivity index (χ0) is 17.2. The number of thioether (sulfide) groups is 1. The van der Waals surface area contributed by atoms with Gasteiger partial charge in [-0.2, -0.15) is 5.26 Å². The number of carbonyl (C=O) groups is 1. The minimum absolute atomic E-state index is 0.0969. The monoisotopic (exact) mass is 334 g/mol. The van der Waals surface area contributed by atoms with Gasteiger partial charge in [0.15, 0.2) is 5.16 Å². The average Bonchev–Trinajstić information content (AvgIpc) is 3.29. The van der Waals surface area contributed by atoms with E-state index < -0.39 is 5.54 Å². The number of aromatic nitrogens is 2. The van der Waals surface area contributed by atoms with E-state index in [0.29, 0.717) is 11.8 Å². The Kier molecular flexibility index (Phi) is 5.41. The fraction of sp³-hybridized carbons (Fsp3) is 0.706. The molecule has 23 heavy (non-hydrogen) atoms. The summed E-state index contributed by atoms with van der Waals surface area (Å²) in [5, 5.41) is 13.1. The summed E-state index contributed by atoms with van der Waals surface area (Å²) in [4.78, 5) is 16.8. The number of hydrogen-bond acceptors (Lipinski definition) is 4. The number of hydrogen-bond donors (Lipinski definition) is 1. The molecule has 1 N–H and O–H groups in total. The van der Waals surface area contributed by atoms with E-state index in [2.05, 4.69) is 41.7 Å². The van der Waals surface area contributed by atoms with Crippen LogP contribution in [0.2, 0.25) is 0 Å². The Balaban J connectivity index is 1.99. The van der Waals surface area contributed by atoms with Crippen LogP contribution in [0.5, 0.6) is 0 Å². The van der Waals surface area contributed by atoms with Crippen LogP contribution in [0.3, 0.4) is 0 Å². The van der Waals surface area contributed by atoms with E-state index in [1.165, 1.54) is 11.8 Å². The van der Waals surface area contributed by atoms with Crippen molar-refractivity contribution in [3.05, 3.63) is 11.4 Å². The van der Waals surface area contributed by atoms with Crippen LogP contribution in [0.15, 0.2) is 5.16 Å². The van der Waals surface area contributed by atoms with E-state index in [1.807, 2.05) is 13.8 Å². The van der Waals surface area contributed by atoms with Gasteiger partial charge in [-0.3, -0.25) is 4.79 Å². The molecular weight excluding hydrogens is 308 g/mol. The predicted octanol–water partition coefficient (Wildman–Crippen LogP) is 3.06.